The van der Waals surface area contributed by atoms with Crippen LogP contribution in [0.4, 0.5) is 16.3 Å². The number of urea groups is 1. The lowest BCUT2D eigenvalue weighted by Gasteiger charge is -2.20. The highest BCUT2D eigenvalue weighted by Gasteiger charge is 2.17. The number of halogens is 1. The van der Waals surface area contributed by atoms with Crippen LogP contribution in [0.5, 0.6) is 0 Å². The third-order valence-electron chi connectivity index (χ3n) is 3.91. The van der Waals surface area contributed by atoms with E-state index in [4.69, 9.17) is 11.6 Å². The molecule has 0 radical (unpaired) electrons. The second-order valence-corrected chi connectivity index (χ2v) is 7.36. The minimum atomic E-state index is -0.204. The Morgan fingerprint density at radius 1 is 1.20 bits per heavy atom. The van der Waals surface area contributed by atoms with Gasteiger partial charge in [0.1, 0.15) is 0 Å². The number of rotatable bonds is 6. The number of hydrogen-bond donors (Lipinski definition) is 2. The van der Waals surface area contributed by atoms with E-state index in [1.807, 2.05) is 36.4 Å². The lowest BCUT2D eigenvalue weighted by atomic mass is 10.3. The highest BCUT2D eigenvalue weighted by molar-refractivity contribution is 7.99. The lowest BCUT2D eigenvalue weighted by Crippen LogP contribution is -2.31. The number of amides is 2. The molecule has 2 N–H and O–H groups in total. The second-order valence-electron chi connectivity index (χ2n) is 5.75. The molecule has 1 aromatic heterocycles. The van der Waals surface area contributed by atoms with E-state index in [9.17, 15) is 4.79 Å². The average Bonchev–Trinajstić information content (AvgIpc) is 3.15. The number of nitrogens with zero attached hydrogens (tertiary/aromatic N) is 2. The van der Waals surface area contributed by atoms with Crippen LogP contribution in [0.25, 0.3) is 0 Å². The van der Waals surface area contributed by atoms with Gasteiger partial charge >= 0.3 is 6.03 Å². The molecule has 132 valence electrons. The van der Waals surface area contributed by atoms with E-state index < -0.39 is 0 Å². The fourth-order valence-corrected chi connectivity index (χ4v) is 3.60. The predicted octanol–water partition coefficient (Wildman–Crippen LogP) is 4.25. The number of anilines is 2. The van der Waals surface area contributed by atoms with Gasteiger partial charge in [-0.2, -0.15) is 0 Å². The van der Waals surface area contributed by atoms with Crippen LogP contribution in [-0.4, -0.2) is 36.4 Å². The molecule has 25 heavy (non-hydrogen) atoms. The van der Waals surface area contributed by atoms with Crippen LogP contribution in [0.1, 0.15) is 12.8 Å². The number of thioether (sulfide) groups is 1. The molecule has 5 nitrogen and oxygen atoms in total. The van der Waals surface area contributed by atoms with Crippen molar-refractivity contribution in [3.8, 4) is 0 Å². The molecule has 0 aliphatic carbocycles. The molecule has 2 heterocycles. The summed E-state index contributed by atoms with van der Waals surface area (Å²) >= 11 is 7.55. The van der Waals surface area contributed by atoms with Gasteiger partial charge in [-0.1, -0.05) is 11.6 Å². The zero-order valence-electron chi connectivity index (χ0n) is 13.9. The number of pyridine rings is 1. The molecule has 1 aliphatic rings. The Morgan fingerprint density at radius 2 is 1.96 bits per heavy atom. The van der Waals surface area contributed by atoms with Crippen molar-refractivity contribution in [3.63, 3.8) is 0 Å². The Bertz CT molecular complexity index is 704. The van der Waals surface area contributed by atoms with Gasteiger partial charge in [0.15, 0.2) is 5.82 Å². The van der Waals surface area contributed by atoms with E-state index in [1.54, 1.807) is 18.0 Å². The molecule has 1 aromatic carbocycles. The van der Waals surface area contributed by atoms with Crippen LogP contribution in [0, 0.1) is 0 Å². The minimum Gasteiger partial charge on any atom is -0.355 e. The van der Waals surface area contributed by atoms with Crippen molar-refractivity contribution in [1.29, 1.82) is 0 Å². The largest absolute Gasteiger partial charge is 0.355 e. The lowest BCUT2D eigenvalue weighted by molar-refractivity contribution is 0.252. The van der Waals surface area contributed by atoms with Gasteiger partial charge in [0.25, 0.3) is 0 Å². The van der Waals surface area contributed by atoms with Gasteiger partial charge in [-0.3, -0.25) is 0 Å². The topological polar surface area (TPSA) is 57.3 Å². The number of carbonyl (C=O) groups is 1. The van der Waals surface area contributed by atoms with Crippen LogP contribution in [0.15, 0.2) is 47.5 Å². The van der Waals surface area contributed by atoms with E-state index in [1.165, 1.54) is 12.8 Å². The Morgan fingerprint density at radius 3 is 2.72 bits per heavy atom. The summed E-state index contributed by atoms with van der Waals surface area (Å²) in [6.07, 6.45) is 4.10. The first-order valence-electron chi connectivity index (χ1n) is 8.35. The molecular weight excluding hydrogens is 356 g/mol. The van der Waals surface area contributed by atoms with E-state index >= 15 is 0 Å². The zero-order chi connectivity index (χ0) is 17.5. The standard InChI is InChI=1S/C18H21ClN4OS/c19-14-5-7-15(8-6-14)25-13-10-21-18(24)22-16-4-3-9-20-17(16)23-11-1-2-12-23/h3-9H,1-2,10-13H2,(H2,21,22,24). The molecule has 0 bridgehead atoms. The number of nitrogens with one attached hydrogen (secondary N) is 2. The number of carbonyl (C=O) groups excluding carboxylic acids is 1. The smallest absolute Gasteiger partial charge is 0.319 e. The molecular formula is C18H21ClN4OS. The van der Waals surface area contributed by atoms with Crippen molar-refractivity contribution in [2.45, 2.75) is 17.7 Å². The van der Waals surface area contributed by atoms with Crippen molar-refractivity contribution < 1.29 is 4.79 Å². The van der Waals surface area contributed by atoms with Gasteiger partial charge in [0.2, 0.25) is 0 Å². The van der Waals surface area contributed by atoms with E-state index in [2.05, 4.69) is 20.5 Å². The van der Waals surface area contributed by atoms with E-state index in [0.717, 1.165) is 40.3 Å². The van der Waals surface area contributed by atoms with Crippen LogP contribution in [-0.2, 0) is 0 Å². The summed E-state index contributed by atoms with van der Waals surface area (Å²) in [5.74, 6) is 1.65. The van der Waals surface area contributed by atoms with Crippen LogP contribution in [0.3, 0.4) is 0 Å². The second kappa shape index (κ2) is 8.97. The fourth-order valence-electron chi connectivity index (χ4n) is 2.71. The summed E-state index contributed by atoms with van der Waals surface area (Å²) in [5.41, 5.74) is 0.757. The fraction of sp³-hybridized carbons (Fsp3) is 0.333. The quantitative estimate of drug-likeness (QED) is 0.584. The summed E-state index contributed by atoms with van der Waals surface area (Å²) in [5, 5.41) is 6.53. The van der Waals surface area contributed by atoms with Crippen molar-refractivity contribution in [3.05, 3.63) is 47.6 Å². The minimum absolute atomic E-state index is 0.204. The Kier molecular flexibility index (Phi) is 6.42. The zero-order valence-corrected chi connectivity index (χ0v) is 15.4. The molecule has 7 heteroatoms. The predicted molar refractivity (Wildman–Crippen MR) is 105 cm³/mol. The molecule has 2 aromatic rings. The normalized spacial score (nSPS) is 13.7. The molecule has 0 saturated carbocycles. The summed E-state index contributed by atoms with van der Waals surface area (Å²) in [7, 11) is 0. The highest BCUT2D eigenvalue weighted by Crippen LogP contribution is 2.26. The summed E-state index contributed by atoms with van der Waals surface area (Å²) in [6, 6.07) is 11.2. The number of hydrogen-bond acceptors (Lipinski definition) is 4. The summed E-state index contributed by atoms with van der Waals surface area (Å²) in [4.78, 5) is 19.9. The Balaban J connectivity index is 1.45. The van der Waals surface area contributed by atoms with Gasteiger partial charge < -0.3 is 15.5 Å². The first-order chi connectivity index (χ1) is 12.2. The number of benzene rings is 1. The van der Waals surface area contributed by atoms with Gasteiger partial charge in [0.05, 0.1) is 5.69 Å². The monoisotopic (exact) mass is 376 g/mol. The van der Waals surface area contributed by atoms with Crippen molar-refractivity contribution in [1.82, 2.24) is 10.3 Å². The van der Waals surface area contributed by atoms with Crippen LogP contribution >= 0.6 is 23.4 Å². The highest BCUT2D eigenvalue weighted by atomic mass is 35.5. The van der Waals surface area contributed by atoms with Crippen molar-refractivity contribution in [2.75, 3.05) is 35.6 Å². The molecule has 1 aliphatic heterocycles. The maximum absolute atomic E-state index is 12.1. The van der Waals surface area contributed by atoms with E-state index in [0.29, 0.717) is 6.54 Å². The summed E-state index contributed by atoms with van der Waals surface area (Å²) < 4.78 is 0. The van der Waals surface area contributed by atoms with Gasteiger partial charge in [-0.05, 0) is 49.2 Å². The van der Waals surface area contributed by atoms with Crippen LogP contribution in [0.2, 0.25) is 5.02 Å². The average molecular weight is 377 g/mol. The van der Waals surface area contributed by atoms with Gasteiger partial charge in [0, 0.05) is 41.5 Å². The van der Waals surface area contributed by atoms with Gasteiger partial charge in [-0.15, -0.1) is 11.8 Å². The molecule has 2 amide bonds. The molecule has 0 unspecified atom stereocenters. The Labute approximate surface area is 157 Å². The molecule has 1 fully saturated rings. The molecule has 0 spiro atoms. The molecule has 1 saturated heterocycles. The maximum atomic E-state index is 12.1. The SMILES string of the molecule is O=C(NCCSc1ccc(Cl)cc1)Nc1cccnc1N1CCCC1. The molecule has 3 rings (SSSR count). The van der Waals surface area contributed by atoms with Gasteiger partial charge in [-0.25, -0.2) is 9.78 Å². The third kappa shape index (κ3) is 5.28. The van der Waals surface area contributed by atoms with E-state index in [-0.39, 0.29) is 6.03 Å². The van der Waals surface area contributed by atoms with Crippen molar-refractivity contribution in [2.24, 2.45) is 0 Å². The van der Waals surface area contributed by atoms with Crippen molar-refractivity contribution >= 4 is 40.9 Å². The first-order valence-corrected chi connectivity index (χ1v) is 9.72. The third-order valence-corrected chi connectivity index (χ3v) is 5.18. The first kappa shape index (κ1) is 17.9. The van der Waals surface area contributed by atoms with Crippen LogP contribution < -0.4 is 15.5 Å². The maximum Gasteiger partial charge on any atom is 0.319 e. The summed E-state index contributed by atoms with van der Waals surface area (Å²) in [6.45, 7) is 2.56. The Hall–Kier alpha value is -1.92. The molecule has 0 atom stereocenters. The number of aromatic nitrogens is 1.